The van der Waals surface area contributed by atoms with Gasteiger partial charge in [0.1, 0.15) is 0 Å². The van der Waals surface area contributed by atoms with Crippen LogP contribution in [0.2, 0.25) is 10.0 Å². The zero-order chi connectivity index (χ0) is 19.1. The van der Waals surface area contributed by atoms with Crippen molar-refractivity contribution in [3.05, 3.63) is 129 Å². The molecule has 2 heteroatoms. The maximum Gasteiger partial charge on any atom is 0.0406 e. The standard InChI is InChI=1S/C26H16Cl2/c27-19-13-9-17(10-14-19)25(18-11-15-20(28)16-12-18)26-23-7-3-1-5-21(23)22-6-2-4-8-24(22)26/h1-16H. The fourth-order valence-electron chi connectivity index (χ4n) is 3.97. The van der Waals surface area contributed by atoms with Gasteiger partial charge in [0.25, 0.3) is 0 Å². The van der Waals surface area contributed by atoms with Crippen LogP contribution in [-0.4, -0.2) is 0 Å². The Morgan fingerprint density at radius 2 is 0.786 bits per heavy atom. The second-order valence-electron chi connectivity index (χ2n) is 6.85. The van der Waals surface area contributed by atoms with Crippen LogP contribution in [0.3, 0.4) is 0 Å². The van der Waals surface area contributed by atoms with Gasteiger partial charge in [-0.3, -0.25) is 0 Å². The highest BCUT2D eigenvalue weighted by atomic mass is 35.5. The second kappa shape index (κ2) is 6.98. The average molecular weight is 399 g/mol. The summed E-state index contributed by atoms with van der Waals surface area (Å²) in [5.41, 5.74) is 9.75. The van der Waals surface area contributed by atoms with E-state index in [0.29, 0.717) is 0 Å². The Balaban J connectivity index is 1.90. The monoisotopic (exact) mass is 398 g/mol. The molecule has 134 valence electrons. The molecule has 28 heavy (non-hydrogen) atoms. The fourth-order valence-corrected chi connectivity index (χ4v) is 4.23. The first-order chi connectivity index (χ1) is 13.7. The third kappa shape index (κ3) is 2.86. The van der Waals surface area contributed by atoms with Crippen LogP contribution in [0.1, 0.15) is 22.3 Å². The van der Waals surface area contributed by atoms with Gasteiger partial charge in [-0.2, -0.15) is 0 Å². The molecular weight excluding hydrogens is 383 g/mol. The van der Waals surface area contributed by atoms with E-state index in [1.165, 1.54) is 33.4 Å². The van der Waals surface area contributed by atoms with E-state index in [-0.39, 0.29) is 0 Å². The summed E-state index contributed by atoms with van der Waals surface area (Å²) in [6.07, 6.45) is 0. The lowest BCUT2D eigenvalue weighted by Gasteiger charge is -2.15. The average Bonchev–Trinajstić information content (AvgIpc) is 3.06. The Bertz CT molecular complexity index is 1100. The number of benzene rings is 4. The quantitative estimate of drug-likeness (QED) is 0.282. The van der Waals surface area contributed by atoms with Gasteiger partial charge in [-0.25, -0.2) is 0 Å². The van der Waals surface area contributed by atoms with Gasteiger partial charge in [0, 0.05) is 10.0 Å². The predicted molar refractivity (Wildman–Crippen MR) is 120 cm³/mol. The first-order valence-corrected chi connectivity index (χ1v) is 9.93. The van der Waals surface area contributed by atoms with Crippen LogP contribution >= 0.6 is 23.2 Å². The van der Waals surface area contributed by atoms with E-state index in [4.69, 9.17) is 23.2 Å². The summed E-state index contributed by atoms with van der Waals surface area (Å²) < 4.78 is 0. The molecule has 0 spiro atoms. The number of fused-ring (bicyclic) bond motifs is 3. The number of hydrogen-bond donors (Lipinski definition) is 0. The van der Waals surface area contributed by atoms with Crippen molar-refractivity contribution in [2.24, 2.45) is 0 Å². The number of hydrogen-bond acceptors (Lipinski definition) is 0. The Labute approximate surface area is 174 Å². The van der Waals surface area contributed by atoms with E-state index in [1.807, 2.05) is 24.3 Å². The summed E-state index contributed by atoms with van der Waals surface area (Å²) in [6.45, 7) is 0. The SMILES string of the molecule is Clc1ccc(C(=C2c3ccccc3-c3ccccc32)c2ccc(Cl)cc2)cc1. The first kappa shape index (κ1) is 17.3. The van der Waals surface area contributed by atoms with Gasteiger partial charge in [-0.05, 0) is 68.8 Å². The Kier molecular flexibility index (Phi) is 4.31. The molecule has 1 aliphatic rings. The maximum absolute atomic E-state index is 6.17. The van der Waals surface area contributed by atoms with Crippen LogP contribution in [0, 0.1) is 0 Å². The van der Waals surface area contributed by atoms with E-state index in [1.54, 1.807) is 0 Å². The molecule has 0 nitrogen and oxygen atoms in total. The second-order valence-corrected chi connectivity index (χ2v) is 7.73. The molecule has 0 aliphatic heterocycles. The molecule has 0 aromatic heterocycles. The third-order valence-corrected chi connectivity index (χ3v) is 5.70. The first-order valence-electron chi connectivity index (χ1n) is 9.18. The van der Waals surface area contributed by atoms with Crippen LogP contribution in [0.5, 0.6) is 0 Å². The smallest absolute Gasteiger partial charge is 0.0406 e. The Morgan fingerprint density at radius 1 is 0.429 bits per heavy atom. The van der Waals surface area contributed by atoms with Crippen molar-refractivity contribution in [1.29, 1.82) is 0 Å². The molecule has 4 aromatic rings. The van der Waals surface area contributed by atoms with E-state index in [0.717, 1.165) is 21.2 Å². The molecule has 0 saturated carbocycles. The minimum atomic E-state index is 0.733. The zero-order valence-electron chi connectivity index (χ0n) is 15.0. The third-order valence-electron chi connectivity index (χ3n) is 5.20. The molecular formula is C26H16Cl2. The maximum atomic E-state index is 6.17. The minimum Gasteiger partial charge on any atom is -0.0843 e. The van der Waals surface area contributed by atoms with E-state index in [9.17, 15) is 0 Å². The van der Waals surface area contributed by atoms with Crippen molar-refractivity contribution in [2.45, 2.75) is 0 Å². The highest BCUT2D eigenvalue weighted by Crippen LogP contribution is 2.48. The van der Waals surface area contributed by atoms with Crippen molar-refractivity contribution in [1.82, 2.24) is 0 Å². The van der Waals surface area contributed by atoms with Gasteiger partial charge in [-0.15, -0.1) is 0 Å². The Hall–Kier alpha value is -2.80. The van der Waals surface area contributed by atoms with Crippen LogP contribution < -0.4 is 0 Å². The molecule has 0 fully saturated rings. The molecule has 0 amide bonds. The van der Waals surface area contributed by atoms with Crippen LogP contribution in [0.4, 0.5) is 0 Å². The molecule has 0 saturated heterocycles. The van der Waals surface area contributed by atoms with Crippen molar-refractivity contribution < 1.29 is 0 Å². The lowest BCUT2D eigenvalue weighted by atomic mass is 9.88. The van der Waals surface area contributed by atoms with Gasteiger partial charge in [0.05, 0.1) is 0 Å². The van der Waals surface area contributed by atoms with E-state index in [2.05, 4.69) is 72.8 Å². The van der Waals surface area contributed by atoms with Crippen LogP contribution in [-0.2, 0) is 0 Å². The molecule has 0 N–H and O–H groups in total. The number of halogens is 2. The van der Waals surface area contributed by atoms with E-state index < -0.39 is 0 Å². The van der Waals surface area contributed by atoms with Crippen LogP contribution in [0.15, 0.2) is 97.1 Å². The van der Waals surface area contributed by atoms with Gasteiger partial charge in [0.2, 0.25) is 0 Å². The highest BCUT2D eigenvalue weighted by molar-refractivity contribution is 6.31. The predicted octanol–water partition coefficient (Wildman–Crippen LogP) is 7.98. The topological polar surface area (TPSA) is 0 Å². The lowest BCUT2D eigenvalue weighted by molar-refractivity contribution is 1.53. The molecule has 4 aromatic carbocycles. The Morgan fingerprint density at radius 3 is 1.18 bits per heavy atom. The molecule has 0 radical (unpaired) electrons. The summed E-state index contributed by atoms with van der Waals surface area (Å²) in [6, 6.07) is 33.3. The molecule has 0 heterocycles. The summed E-state index contributed by atoms with van der Waals surface area (Å²) >= 11 is 12.3. The summed E-state index contributed by atoms with van der Waals surface area (Å²) in [7, 11) is 0. The van der Waals surface area contributed by atoms with Gasteiger partial charge in [0.15, 0.2) is 0 Å². The fraction of sp³-hybridized carbons (Fsp3) is 0. The largest absolute Gasteiger partial charge is 0.0843 e. The van der Waals surface area contributed by atoms with Gasteiger partial charge in [-0.1, -0.05) is 96.0 Å². The highest BCUT2D eigenvalue weighted by Gasteiger charge is 2.26. The van der Waals surface area contributed by atoms with Gasteiger partial charge >= 0.3 is 0 Å². The normalized spacial score (nSPS) is 11.9. The molecule has 0 bridgehead atoms. The molecule has 5 rings (SSSR count). The zero-order valence-corrected chi connectivity index (χ0v) is 16.5. The van der Waals surface area contributed by atoms with Crippen LogP contribution in [0.25, 0.3) is 22.3 Å². The summed E-state index contributed by atoms with van der Waals surface area (Å²) in [5.74, 6) is 0. The van der Waals surface area contributed by atoms with Crippen molar-refractivity contribution in [3.8, 4) is 11.1 Å². The summed E-state index contributed by atoms with van der Waals surface area (Å²) in [4.78, 5) is 0. The van der Waals surface area contributed by atoms with Crippen molar-refractivity contribution >= 4 is 34.3 Å². The summed E-state index contributed by atoms with van der Waals surface area (Å²) in [5, 5.41) is 1.47. The minimum absolute atomic E-state index is 0.733. The van der Waals surface area contributed by atoms with Crippen molar-refractivity contribution in [2.75, 3.05) is 0 Å². The number of rotatable bonds is 2. The van der Waals surface area contributed by atoms with Crippen molar-refractivity contribution in [3.63, 3.8) is 0 Å². The molecule has 0 unspecified atom stereocenters. The van der Waals surface area contributed by atoms with Gasteiger partial charge < -0.3 is 0 Å². The molecule has 0 atom stereocenters. The van der Waals surface area contributed by atoms with E-state index >= 15 is 0 Å². The molecule has 1 aliphatic carbocycles. The lowest BCUT2D eigenvalue weighted by Crippen LogP contribution is -1.94.